The van der Waals surface area contributed by atoms with E-state index in [2.05, 4.69) is 29.8 Å². The number of carbonyl (C=O) groups excluding carboxylic acids is 1. The molecule has 1 atom stereocenters. The van der Waals surface area contributed by atoms with Gasteiger partial charge in [-0.05, 0) is 30.0 Å². The number of halogens is 1. The Balaban J connectivity index is 2.64. The molecule has 2 nitrogen and oxygen atoms in total. The van der Waals surface area contributed by atoms with Gasteiger partial charge in [-0.25, -0.2) is 0 Å². The zero-order valence-electron chi connectivity index (χ0n) is 10.4. The van der Waals surface area contributed by atoms with Crippen LogP contribution in [0.15, 0.2) is 28.7 Å². The van der Waals surface area contributed by atoms with Gasteiger partial charge < -0.3 is 5.73 Å². The highest BCUT2D eigenvalue weighted by molar-refractivity contribution is 9.10. The van der Waals surface area contributed by atoms with E-state index in [-0.39, 0.29) is 11.7 Å². The van der Waals surface area contributed by atoms with Gasteiger partial charge in [-0.3, -0.25) is 4.79 Å². The van der Waals surface area contributed by atoms with E-state index in [1.54, 1.807) is 0 Å². The first kappa shape index (κ1) is 14.4. The van der Waals surface area contributed by atoms with Crippen molar-refractivity contribution in [2.45, 2.75) is 26.7 Å². The first-order chi connectivity index (χ1) is 8.02. The summed E-state index contributed by atoms with van der Waals surface area (Å²) < 4.78 is 1.01. The van der Waals surface area contributed by atoms with E-state index in [0.717, 1.165) is 16.5 Å². The van der Waals surface area contributed by atoms with Crippen molar-refractivity contribution >= 4 is 21.7 Å². The largest absolute Gasteiger partial charge is 0.330 e. The van der Waals surface area contributed by atoms with E-state index < -0.39 is 0 Å². The summed E-state index contributed by atoms with van der Waals surface area (Å²) in [5.74, 6) is 0.753. The molecular weight excluding hydrogens is 278 g/mol. The summed E-state index contributed by atoms with van der Waals surface area (Å²) in [5, 5.41) is 0. The molecular formula is C14H20BrNO. The highest BCUT2D eigenvalue weighted by Gasteiger charge is 2.18. The van der Waals surface area contributed by atoms with Gasteiger partial charge in [0.25, 0.3) is 0 Å². The summed E-state index contributed by atoms with van der Waals surface area (Å²) in [7, 11) is 0. The van der Waals surface area contributed by atoms with Crippen LogP contribution >= 0.6 is 15.9 Å². The van der Waals surface area contributed by atoms with Crippen molar-refractivity contribution < 1.29 is 4.79 Å². The van der Waals surface area contributed by atoms with Crippen LogP contribution < -0.4 is 5.73 Å². The Labute approximate surface area is 112 Å². The van der Waals surface area contributed by atoms with Crippen molar-refractivity contribution in [2.24, 2.45) is 17.6 Å². The van der Waals surface area contributed by atoms with Gasteiger partial charge in [0.15, 0.2) is 0 Å². The van der Waals surface area contributed by atoms with Crippen LogP contribution in [-0.4, -0.2) is 12.3 Å². The number of nitrogens with two attached hydrogens (primary N) is 1. The summed E-state index contributed by atoms with van der Waals surface area (Å²) >= 11 is 3.41. The minimum absolute atomic E-state index is 0.00557. The van der Waals surface area contributed by atoms with Crippen LogP contribution in [0.1, 0.15) is 25.8 Å². The minimum Gasteiger partial charge on any atom is -0.330 e. The maximum absolute atomic E-state index is 12.1. The third-order valence-electron chi connectivity index (χ3n) is 2.76. The summed E-state index contributed by atoms with van der Waals surface area (Å²) in [6, 6.07) is 7.88. The Morgan fingerprint density at radius 3 is 2.65 bits per heavy atom. The number of benzene rings is 1. The van der Waals surface area contributed by atoms with Crippen molar-refractivity contribution in [3.05, 3.63) is 34.3 Å². The Morgan fingerprint density at radius 1 is 1.41 bits per heavy atom. The molecule has 2 N–H and O–H groups in total. The van der Waals surface area contributed by atoms with Gasteiger partial charge >= 0.3 is 0 Å². The fourth-order valence-corrected chi connectivity index (χ4v) is 2.37. The lowest BCUT2D eigenvalue weighted by molar-refractivity contribution is -0.122. The Hall–Kier alpha value is -0.670. The minimum atomic E-state index is -0.00557. The lowest BCUT2D eigenvalue weighted by atomic mass is 9.90. The van der Waals surface area contributed by atoms with Crippen LogP contribution in [0.3, 0.4) is 0 Å². The fraction of sp³-hybridized carbons (Fsp3) is 0.500. The van der Waals surface area contributed by atoms with Crippen molar-refractivity contribution in [3.63, 3.8) is 0 Å². The Morgan fingerprint density at radius 2 is 2.12 bits per heavy atom. The van der Waals surface area contributed by atoms with E-state index in [1.807, 2.05) is 24.3 Å². The quantitative estimate of drug-likeness (QED) is 0.876. The summed E-state index contributed by atoms with van der Waals surface area (Å²) in [6.07, 6.45) is 1.36. The van der Waals surface area contributed by atoms with E-state index in [4.69, 9.17) is 5.73 Å². The summed E-state index contributed by atoms with van der Waals surface area (Å²) in [4.78, 5) is 12.1. The zero-order chi connectivity index (χ0) is 12.8. The Kier molecular flexibility index (Phi) is 5.86. The lowest BCUT2D eigenvalue weighted by Crippen LogP contribution is -2.26. The number of ketones is 1. The molecule has 0 spiro atoms. The zero-order valence-corrected chi connectivity index (χ0v) is 12.0. The topological polar surface area (TPSA) is 43.1 Å². The molecule has 0 fully saturated rings. The van der Waals surface area contributed by atoms with Gasteiger partial charge in [0.1, 0.15) is 5.78 Å². The highest BCUT2D eigenvalue weighted by Crippen LogP contribution is 2.17. The van der Waals surface area contributed by atoms with Crippen molar-refractivity contribution in [1.82, 2.24) is 0 Å². The molecule has 1 aromatic rings. The molecule has 17 heavy (non-hydrogen) atoms. The number of carbonyl (C=O) groups is 1. The molecule has 0 heterocycles. The van der Waals surface area contributed by atoms with Crippen molar-refractivity contribution in [3.8, 4) is 0 Å². The maximum Gasteiger partial charge on any atom is 0.141 e. The average Bonchev–Trinajstić information content (AvgIpc) is 2.25. The maximum atomic E-state index is 12.1. The molecule has 0 saturated heterocycles. The van der Waals surface area contributed by atoms with E-state index in [9.17, 15) is 4.79 Å². The molecule has 1 unspecified atom stereocenters. The van der Waals surface area contributed by atoms with E-state index in [0.29, 0.717) is 18.9 Å². The molecule has 3 heteroatoms. The van der Waals surface area contributed by atoms with Crippen molar-refractivity contribution in [2.75, 3.05) is 6.54 Å². The molecule has 0 bridgehead atoms. The van der Waals surface area contributed by atoms with Crippen LogP contribution in [0, 0.1) is 11.8 Å². The molecule has 94 valence electrons. The monoisotopic (exact) mass is 297 g/mol. The fourth-order valence-electron chi connectivity index (χ4n) is 1.92. The Bertz CT molecular complexity index is 376. The molecule has 0 aliphatic carbocycles. The van der Waals surface area contributed by atoms with E-state index in [1.165, 1.54) is 0 Å². The number of hydrogen-bond acceptors (Lipinski definition) is 2. The molecule has 0 aliphatic heterocycles. The van der Waals surface area contributed by atoms with Gasteiger partial charge in [-0.15, -0.1) is 0 Å². The van der Waals surface area contributed by atoms with Gasteiger partial charge in [0.05, 0.1) is 0 Å². The van der Waals surface area contributed by atoms with Gasteiger partial charge in [0.2, 0.25) is 0 Å². The second-order valence-electron chi connectivity index (χ2n) is 4.84. The standard InChI is InChI=1S/C14H20BrNO/c1-10(2)6-12(9-16)14(17)8-11-4-3-5-13(15)7-11/h3-5,7,10,12H,6,8-9,16H2,1-2H3. The van der Waals surface area contributed by atoms with Crippen LogP contribution in [0.2, 0.25) is 0 Å². The molecule has 0 radical (unpaired) electrons. The first-order valence-electron chi connectivity index (χ1n) is 6.00. The highest BCUT2D eigenvalue weighted by atomic mass is 79.9. The third-order valence-corrected chi connectivity index (χ3v) is 3.26. The van der Waals surface area contributed by atoms with Gasteiger partial charge in [-0.2, -0.15) is 0 Å². The molecule has 0 aliphatic rings. The lowest BCUT2D eigenvalue weighted by Gasteiger charge is -2.15. The molecule has 0 saturated carbocycles. The third kappa shape index (κ3) is 5.00. The second-order valence-corrected chi connectivity index (χ2v) is 5.75. The molecule has 1 rings (SSSR count). The van der Waals surface area contributed by atoms with Crippen LogP contribution in [0.5, 0.6) is 0 Å². The SMILES string of the molecule is CC(C)CC(CN)C(=O)Cc1cccc(Br)c1. The number of hydrogen-bond donors (Lipinski definition) is 1. The molecule has 1 aromatic carbocycles. The summed E-state index contributed by atoms with van der Waals surface area (Å²) in [6.45, 7) is 4.69. The van der Waals surface area contributed by atoms with Gasteiger partial charge in [-0.1, -0.05) is 41.9 Å². The van der Waals surface area contributed by atoms with E-state index >= 15 is 0 Å². The van der Waals surface area contributed by atoms with Crippen LogP contribution in [0.4, 0.5) is 0 Å². The van der Waals surface area contributed by atoms with Crippen LogP contribution in [-0.2, 0) is 11.2 Å². The first-order valence-corrected chi connectivity index (χ1v) is 6.79. The predicted molar refractivity (Wildman–Crippen MR) is 74.9 cm³/mol. The number of rotatable bonds is 6. The smallest absolute Gasteiger partial charge is 0.141 e. The number of Topliss-reactive ketones (excluding diaryl/α,β-unsaturated/α-hetero) is 1. The molecule has 0 amide bonds. The van der Waals surface area contributed by atoms with Crippen molar-refractivity contribution in [1.29, 1.82) is 0 Å². The normalized spacial score (nSPS) is 12.8. The second kappa shape index (κ2) is 6.92. The predicted octanol–water partition coefficient (Wildman–Crippen LogP) is 3.18. The van der Waals surface area contributed by atoms with Crippen LogP contribution in [0.25, 0.3) is 0 Å². The molecule has 0 aromatic heterocycles. The summed E-state index contributed by atoms with van der Waals surface area (Å²) in [5.41, 5.74) is 6.72. The average molecular weight is 298 g/mol. The van der Waals surface area contributed by atoms with Gasteiger partial charge in [0, 0.05) is 23.4 Å².